The van der Waals surface area contributed by atoms with Gasteiger partial charge in [-0.1, -0.05) is 277 Å². The van der Waals surface area contributed by atoms with Gasteiger partial charge in [0.15, 0.2) is 6.10 Å². The lowest BCUT2D eigenvalue weighted by atomic mass is 10.0. The summed E-state index contributed by atoms with van der Waals surface area (Å²) in [5, 5.41) is 0. The zero-order valence-corrected chi connectivity index (χ0v) is 48.1. The van der Waals surface area contributed by atoms with Gasteiger partial charge in [-0.2, -0.15) is 0 Å². The van der Waals surface area contributed by atoms with E-state index in [1.165, 1.54) is 122 Å². The van der Waals surface area contributed by atoms with Crippen LogP contribution in [0.5, 0.6) is 0 Å². The molecular formula is C68H112O6. The number of hydrogen-bond acceptors (Lipinski definition) is 6. The molecule has 0 aromatic heterocycles. The summed E-state index contributed by atoms with van der Waals surface area (Å²) < 4.78 is 16.7. The fourth-order valence-electron chi connectivity index (χ4n) is 8.23. The third-order valence-electron chi connectivity index (χ3n) is 12.7. The van der Waals surface area contributed by atoms with Gasteiger partial charge in [0.05, 0.1) is 0 Å². The Bertz CT molecular complexity index is 1550. The van der Waals surface area contributed by atoms with E-state index in [1.54, 1.807) is 0 Å². The van der Waals surface area contributed by atoms with Crippen molar-refractivity contribution >= 4 is 17.9 Å². The Morgan fingerprint density at radius 2 is 0.554 bits per heavy atom. The molecule has 0 radical (unpaired) electrons. The average molecular weight is 1030 g/mol. The molecule has 420 valence electrons. The van der Waals surface area contributed by atoms with Crippen LogP contribution in [-0.4, -0.2) is 37.2 Å². The summed E-state index contributed by atoms with van der Waals surface area (Å²) in [5.74, 6) is -0.995. The van der Waals surface area contributed by atoms with Gasteiger partial charge >= 0.3 is 17.9 Å². The van der Waals surface area contributed by atoms with Gasteiger partial charge in [-0.05, 0) is 96.3 Å². The monoisotopic (exact) mass is 1020 g/mol. The highest BCUT2D eigenvalue weighted by atomic mass is 16.6. The van der Waals surface area contributed by atoms with Gasteiger partial charge in [-0.3, -0.25) is 14.4 Å². The molecule has 6 nitrogen and oxygen atoms in total. The van der Waals surface area contributed by atoms with E-state index in [9.17, 15) is 14.4 Å². The number of hydrogen-bond donors (Lipinski definition) is 0. The largest absolute Gasteiger partial charge is 0.462 e. The smallest absolute Gasteiger partial charge is 0.306 e. The van der Waals surface area contributed by atoms with Gasteiger partial charge < -0.3 is 14.2 Å². The van der Waals surface area contributed by atoms with Crippen LogP contribution < -0.4 is 0 Å². The number of esters is 3. The number of ether oxygens (including phenoxy) is 3. The topological polar surface area (TPSA) is 78.9 Å². The van der Waals surface area contributed by atoms with Crippen LogP contribution in [0.1, 0.15) is 271 Å². The van der Waals surface area contributed by atoms with Crippen molar-refractivity contribution in [2.45, 2.75) is 277 Å². The molecule has 74 heavy (non-hydrogen) atoms. The molecule has 1 atom stereocenters. The minimum absolute atomic E-state index is 0.108. The van der Waals surface area contributed by atoms with Gasteiger partial charge in [0.2, 0.25) is 0 Å². The number of carbonyl (C=O) groups excluding carboxylic acids is 3. The molecule has 0 N–H and O–H groups in total. The lowest BCUT2D eigenvalue weighted by molar-refractivity contribution is -0.166. The van der Waals surface area contributed by atoms with Crippen LogP contribution in [0.25, 0.3) is 0 Å². The van der Waals surface area contributed by atoms with Crippen molar-refractivity contribution in [3.8, 4) is 0 Å². The van der Waals surface area contributed by atoms with Crippen molar-refractivity contribution in [3.05, 3.63) is 122 Å². The van der Waals surface area contributed by atoms with Crippen LogP contribution in [0.15, 0.2) is 122 Å². The Labute approximate surface area is 456 Å². The molecule has 0 aliphatic heterocycles. The third kappa shape index (κ3) is 58.7. The summed E-state index contributed by atoms with van der Waals surface area (Å²) in [6, 6.07) is 0. The molecule has 1 unspecified atom stereocenters. The van der Waals surface area contributed by atoms with Crippen molar-refractivity contribution in [1.82, 2.24) is 0 Å². The summed E-state index contributed by atoms with van der Waals surface area (Å²) >= 11 is 0. The minimum atomic E-state index is -0.818. The molecule has 0 bridgehead atoms. The molecule has 0 fully saturated rings. The molecule has 0 aliphatic carbocycles. The number of rotatable bonds is 54. The first-order valence-electron chi connectivity index (χ1n) is 30.5. The van der Waals surface area contributed by atoms with E-state index in [4.69, 9.17) is 14.2 Å². The van der Waals surface area contributed by atoms with E-state index < -0.39 is 12.1 Å². The van der Waals surface area contributed by atoms with E-state index in [2.05, 4.69) is 136 Å². The Balaban J connectivity index is 4.22. The SMILES string of the molecule is CC/C=C\C/C=C\C/C=C\C/C=C\C/C=C\C/C=C\CCC(=O)OC(COC(=O)CCCCCCCCCC)COC(=O)CCCCCCCCCCCCCCCCCC/C=C\C/C=C\C/C=C\C/C=C\CC. The second-order valence-corrected chi connectivity index (χ2v) is 19.9. The van der Waals surface area contributed by atoms with Crippen LogP contribution >= 0.6 is 0 Å². The van der Waals surface area contributed by atoms with E-state index in [1.807, 2.05) is 6.08 Å². The molecule has 0 spiro atoms. The summed E-state index contributed by atoms with van der Waals surface area (Å²) in [7, 11) is 0. The Kier molecular flexibility index (Phi) is 57.9. The molecule has 0 heterocycles. The molecular weight excluding hydrogens is 913 g/mol. The maximum Gasteiger partial charge on any atom is 0.306 e. The first-order valence-corrected chi connectivity index (χ1v) is 30.5. The molecule has 0 saturated carbocycles. The highest BCUT2D eigenvalue weighted by Gasteiger charge is 2.19. The van der Waals surface area contributed by atoms with Gasteiger partial charge in [0.1, 0.15) is 13.2 Å². The Morgan fingerprint density at radius 1 is 0.284 bits per heavy atom. The molecule has 0 rings (SSSR count). The van der Waals surface area contributed by atoms with E-state index in [0.717, 1.165) is 103 Å². The fourth-order valence-corrected chi connectivity index (χ4v) is 8.23. The van der Waals surface area contributed by atoms with Gasteiger partial charge in [-0.15, -0.1) is 0 Å². The normalized spacial score (nSPS) is 13.0. The van der Waals surface area contributed by atoms with Crippen LogP contribution in [0.4, 0.5) is 0 Å². The first-order chi connectivity index (χ1) is 36.5. The Hall–Kier alpha value is -4.19. The summed E-state index contributed by atoms with van der Waals surface area (Å²) in [6.45, 7) is 6.33. The maximum atomic E-state index is 12.8. The van der Waals surface area contributed by atoms with Crippen molar-refractivity contribution in [1.29, 1.82) is 0 Å². The summed E-state index contributed by atoms with van der Waals surface area (Å²) in [4.78, 5) is 38.0. The Morgan fingerprint density at radius 3 is 0.878 bits per heavy atom. The molecule has 0 aromatic rings. The van der Waals surface area contributed by atoms with Crippen LogP contribution in [0, 0.1) is 0 Å². The van der Waals surface area contributed by atoms with Gasteiger partial charge in [0.25, 0.3) is 0 Å². The minimum Gasteiger partial charge on any atom is -0.462 e. The van der Waals surface area contributed by atoms with E-state index >= 15 is 0 Å². The molecule has 0 saturated heterocycles. The zero-order chi connectivity index (χ0) is 53.6. The van der Waals surface area contributed by atoms with Crippen molar-refractivity contribution in [2.75, 3.05) is 13.2 Å². The summed E-state index contributed by atoms with van der Waals surface area (Å²) in [6.07, 6.45) is 85.2. The van der Waals surface area contributed by atoms with Crippen molar-refractivity contribution in [2.24, 2.45) is 0 Å². The quantitative estimate of drug-likeness (QED) is 0.0261. The fraction of sp³-hybridized carbons (Fsp3) is 0.662. The van der Waals surface area contributed by atoms with E-state index in [-0.39, 0.29) is 31.6 Å². The predicted octanol–water partition coefficient (Wildman–Crippen LogP) is 20.8. The number of carbonyl (C=O) groups is 3. The molecule has 0 amide bonds. The number of allylic oxidation sites excluding steroid dienone is 20. The molecule has 6 heteroatoms. The van der Waals surface area contributed by atoms with Crippen LogP contribution in [0.3, 0.4) is 0 Å². The van der Waals surface area contributed by atoms with Gasteiger partial charge in [-0.25, -0.2) is 0 Å². The third-order valence-corrected chi connectivity index (χ3v) is 12.7. The zero-order valence-electron chi connectivity index (χ0n) is 48.1. The molecule has 0 aliphatic rings. The second-order valence-electron chi connectivity index (χ2n) is 19.9. The highest BCUT2D eigenvalue weighted by Crippen LogP contribution is 2.16. The number of unbranched alkanes of at least 4 members (excludes halogenated alkanes) is 23. The molecule has 0 aromatic carbocycles. The first kappa shape index (κ1) is 69.8. The summed E-state index contributed by atoms with van der Waals surface area (Å²) in [5.41, 5.74) is 0. The lowest BCUT2D eigenvalue weighted by Gasteiger charge is -2.18. The standard InChI is InChI=1S/C68H112O6/c1-4-7-10-13-16-19-21-23-25-27-29-30-31-32-33-34-35-36-37-38-40-41-43-45-47-49-52-55-58-61-67(70)73-64-65(63-72-66(69)60-57-54-51-18-15-12-9-6-3)74-68(71)62-59-56-53-50-48-46-44-42-39-28-26-24-22-20-17-14-11-8-5-2/h7-8,10-11,16-17,19-20,23-26,29-30,39,42,46,48,53,56,65H,4-6,9,12-15,18,21-22,27-28,31-38,40-41,43-45,47,49-52,54-55,57-64H2,1-3H3/b10-7-,11-8-,19-16-,20-17-,25-23-,26-24-,30-29-,42-39-,48-46-,56-53-. The van der Waals surface area contributed by atoms with E-state index in [0.29, 0.717) is 19.3 Å². The van der Waals surface area contributed by atoms with Crippen LogP contribution in [-0.2, 0) is 28.6 Å². The van der Waals surface area contributed by atoms with Gasteiger partial charge in [0, 0.05) is 19.3 Å². The lowest BCUT2D eigenvalue weighted by Crippen LogP contribution is -2.30. The van der Waals surface area contributed by atoms with Crippen molar-refractivity contribution in [3.63, 3.8) is 0 Å². The van der Waals surface area contributed by atoms with Crippen molar-refractivity contribution < 1.29 is 28.6 Å². The average Bonchev–Trinajstić information content (AvgIpc) is 3.40. The maximum absolute atomic E-state index is 12.8. The second kappa shape index (κ2) is 61.4. The predicted molar refractivity (Wildman–Crippen MR) is 320 cm³/mol. The van der Waals surface area contributed by atoms with Crippen LogP contribution in [0.2, 0.25) is 0 Å². The highest BCUT2D eigenvalue weighted by molar-refractivity contribution is 5.71.